The molecule has 1 aliphatic heterocycles. The van der Waals surface area contributed by atoms with Crippen molar-refractivity contribution in [1.82, 2.24) is 5.32 Å². The summed E-state index contributed by atoms with van der Waals surface area (Å²) >= 11 is 0. The lowest BCUT2D eigenvalue weighted by Gasteiger charge is -2.33. The normalized spacial score (nSPS) is 30.6. The fourth-order valence-corrected chi connectivity index (χ4v) is 1.90. The van der Waals surface area contributed by atoms with E-state index in [2.05, 4.69) is 19.2 Å². The maximum Gasteiger partial charge on any atom is 0.0612 e. The Morgan fingerprint density at radius 3 is 2.71 bits per heavy atom. The fraction of sp³-hybridized carbons (Fsp3) is 1.00. The standard InChI is InChI=1S/C11H23NO2/c1-8(2)11-6-10(4-5-14-11)12-9(3)7-13/h8-13H,4-7H2,1-3H3. The Kier molecular flexibility index (Phi) is 4.85. The van der Waals surface area contributed by atoms with Crippen LogP contribution in [0.3, 0.4) is 0 Å². The van der Waals surface area contributed by atoms with Gasteiger partial charge in [-0.1, -0.05) is 13.8 Å². The number of ether oxygens (including phenoxy) is 1. The zero-order valence-electron chi connectivity index (χ0n) is 9.49. The topological polar surface area (TPSA) is 41.5 Å². The molecule has 0 amide bonds. The van der Waals surface area contributed by atoms with Crippen LogP contribution in [0.2, 0.25) is 0 Å². The van der Waals surface area contributed by atoms with Crippen molar-refractivity contribution in [2.75, 3.05) is 13.2 Å². The molecule has 0 aromatic carbocycles. The molecule has 0 aliphatic carbocycles. The van der Waals surface area contributed by atoms with E-state index in [1.807, 2.05) is 6.92 Å². The summed E-state index contributed by atoms with van der Waals surface area (Å²) in [6.07, 6.45) is 2.52. The van der Waals surface area contributed by atoms with Gasteiger partial charge in [0.05, 0.1) is 12.7 Å². The second kappa shape index (κ2) is 5.69. The Hall–Kier alpha value is -0.120. The molecule has 14 heavy (non-hydrogen) atoms. The predicted octanol–water partition coefficient (Wildman–Crippen LogP) is 1.16. The van der Waals surface area contributed by atoms with E-state index >= 15 is 0 Å². The first-order chi connectivity index (χ1) is 6.63. The largest absolute Gasteiger partial charge is 0.395 e. The van der Waals surface area contributed by atoms with Gasteiger partial charge >= 0.3 is 0 Å². The van der Waals surface area contributed by atoms with Gasteiger partial charge in [0, 0.05) is 18.7 Å². The lowest BCUT2D eigenvalue weighted by atomic mass is 9.95. The van der Waals surface area contributed by atoms with Gasteiger partial charge in [-0.05, 0) is 25.7 Å². The summed E-state index contributed by atoms with van der Waals surface area (Å²) < 4.78 is 5.68. The van der Waals surface area contributed by atoms with Gasteiger partial charge < -0.3 is 15.2 Å². The van der Waals surface area contributed by atoms with Gasteiger partial charge in [0.2, 0.25) is 0 Å². The van der Waals surface area contributed by atoms with E-state index in [9.17, 15) is 0 Å². The number of aliphatic hydroxyl groups excluding tert-OH is 1. The van der Waals surface area contributed by atoms with E-state index in [1.54, 1.807) is 0 Å². The van der Waals surface area contributed by atoms with Gasteiger partial charge in [-0.15, -0.1) is 0 Å². The second-order valence-electron chi connectivity index (χ2n) is 4.62. The molecule has 0 radical (unpaired) electrons. The van der Waals surface area contributed by atoms with Crippen LogP contribution < -0.4 is 5.32 Å². The molecule has 1 aliphatic rings. The van der Waals surface area contributed by atoms with Crippen LogP contribution >= 0.6 is 0 Å². The number of nitrogens with one attached hydrogen (secondary N) is 1. The molecule has 1 saturated heterocycles. The van der Waals surface area contributed by atoms with Crippen LogP contribution in [0.5, 0.6) is 0 Å². The van der Waals surface area contributed by atoms with Crippen molar-refractivity contribution < 1.29 is 9.84 Å². The van der Waals surface area contributed by atoms with Crippen molar-refractivity contribution in [2.45, 2.75) is 51.8 Å². The van der Waals surface area contributed by atoms with E-state index in [4.69, 9.17) is 9.84 Å². The van der Waals surface area contributed by atoms with Gasteiger partial charge in [0.15, 0.2) is 0 Å². The summed E-state index contributed by atoms with van der Waals surface area (Å²) in [5.41, 5.74) is 0. The van der Waals surface area contributed by atoms with Gasteiger partial charge in [-0.3, -0.25) is 0 Å². The maximum absolute atomic E-state index is 8.95. The highest BCUT2D eigenvalue weighted by Crippen LogP contribution is 2.20. The van der Waals surface area contributed by atoms with Crippen LogP contribution in [-0.2, 0) is 4.74 Å². The van der Waals surface area contributed by atoms with Crippen LogP contribution in [0, 0.1) is 5.92 Å². The highest BCUT2D eigenvalue weighted by Gasteiger charge is 2.25. The van der Waals surface area contributed by atoms with E-state index in [1.165, 1.54) is 0 Å². The van der Waals surface area contributed by atoms with Gasteiger partial charge in [0.25, 0.3) is 0 Å². The molecule has 1 heterocycles. The highest BCUT2D eigenvalue weighted by molar-refractivity contribution is 4.80. The molecule has 3 atom stereocenters. The lowest BCUT2D eigenvalue weighted by molar-refractivity contribution is -0.0265. The van der Waals surface area contributed by atoms with Crippen molar-refractivity contribution >= 4 is 0 Å². The van der Waals surface area contributed by atoms with E-state index in [-0.39, 0.29) is 12.6 Å². The minimum atomic E-state index is 0.200. The van der Waals surface area contributed by atoms with Crippen molar-refractivity contribution in [1.29, 1.82) is 0 Å². The number of aliphatic hydroxyl groups is 1. The molecule has 3 nitrogen and oxygen atoms in total. The van der Waals surface area contributed by atoms with Gasteiger partial charge in [0.1, 0.15) is 0 Å². The molecule has 1 fully saturated rings. The van der Waals surface area contributed by atoms with Gasteiger partial charge in [-0.2, -0.15) is 0 Å². The van der Waals surface area contributed by atoms with Crippen molar-refractivity contribution in [3.8, 4) is 0 Å². The first-order valence-corrected chi connectivity index (χ1v) is 5.62. The average Bonchev–Trinajstić information content (AvgIpc) is 2.18. The van der Waals surface area contributed by atoms with Crippen LogP contribution in [0.1, 0.15) is 33.6 Å². The molecule has 0 bridgehead atoms. The molecule has 0 saturated carbocycles. The Balaban J connectivity index is 2.32. The fourth-order valence-electron chi connectivity index (χ4n) is 1.90. The van der Waals surface area contributed by atoms with Gasteiger partial charge in [-0.25, -0.2) is 0 Å². The summed E-state index contributed by atoms with van der Waals surface area (Å²) in [5.74, 6) is 0.587. The van der Waals surface area contributed by atoms with Crippen molar-refractivity contribution in [3.63, 3.8) is 0 Å². The first-order valence-electron chi connectivity index (χ1n) is 5.62. The molecule has 0 spiro atoms. The molecule has 3 unspecified atom stereocenters. The third kappa shape index (κ3) is 3.56. The molecule has 2 N–H and O–H groups in total. The van der Waals surface area contributed by atoms with E-state index in [0.29, 0.717) is 18.1 Å². The first kappa shape index (κ1) is 12.0. The van der Waals surface area contributed by atoms with Crippen molar-refractivity contribution in [2.24, 2.45) is 5.92 Å². The molecule has 84 valence electrons. The quantitative estimate of drug-likeness (QED) is 0.717. The SMILES string of the molecule is CC(CO)NC1CCOC(C(C)C)C1. The number of rotatable bonds is 4. The molecular weight excluding hydrogens is 178 g/mol. The van der Waals surface area contributed by atoms with E-state index < -0.39 is 0 Å². The average molecular weight is 201 g/mol. The maximum atomic E-state index is 8.95. The van der Waals surface area contributed by atoms with Crippen LogP contribution in [-0.4, -0.2) is 36.5 Å². The highest BCUT2D eigenvalue weighted by atomic mass is 16.5. The minimum absolute atomic E-state index is 0.200. The van der Waals surface area contributed by atoms with Crippen LogP contribution in [0.4, 0.5) is 0 Å². The predicted molar refractivity (Wildman–Crippen MR) is 57.3 cm³/mol. The van der Waals surface area contributed by atoms with Crippen LogP contribution in [0.25, 0.3) is 0 Å². The third-order valence-corrected chi connectivity index (χ3v) is 2.85. The monoisotopic (exact) mass is 201 g/mol. The Morgan fingerprint density at radius 2 is 2.14 bits per heavy atom. The number of hydrogen-bond acceptors (Lipinski definition) is 3. The third-order valence-electron chi connectivity index (χ3n) is 2.85. The van der Waals surface area contributed by atoms with E-state index in [0.717, 1.165) is 19.4 Å². The summed E-state index contributed by atoms with van der Waals surface area (Å²) in [4.78, 5) is 0. The Morgan fingerprint density at radius 1 is 1.43 bits per heavy atom. The zero-order chi connectivity index (χ0) is 10.6. The summed E-state index contributed by atoms with van der Waals surface area (Å²) in [6, 6.07) is 0.712. The minimum Gasteiger partial charge on any atom is -0.395 e. The summed E-state index contributed by atoms with van der Waals surface area (Å²) in [6.45, 7) is 7.47. The molecule has 3 heteroatoms. The smallest absolute Gasteiger partial charge is 0.0612 e. The van der Waals surface area contributed by atoms with Crippen molar-refractivity contribution in [3.05, 3.63) is 0 Å². The molecule has 0 aromatic heterocycles. The number of hydrogen-bond donors (Lipinski definition) is 2. The van der Waals surface area contributed by atoms with Crippen LogP contribution in [0.15, 0.2) is 0 Å². The Bertz CT molecular complexity index is 161. The second-order valence-corrected chi connectivity index (χ2v) is 4.62. The molecule has 0 aromatic rings. The summed E-state index contributed by atoms with van der Waals surface area (Å²) in [5, 5.41) is 12.4. The Labute approximate surface area is 86.8 Å². The summed E-state index contributed by atoms with van der Waals surface area (Å²) in [7, 11) is 0. The molecular formula is C11H23NO2. The zero-order valence-corrected chi connectivity index (χ0v) is 9.49. The lowest BCUT2D eigenvalue weighted by Crippen LogP contribution is -2.45. The molecule has 1 rings (SSSR count).